The highest BCUT2D eigenvalue weighted by atomic mass is 35.5. The van der Waals surface area contributed by atoms with Crippen LogP contribution in [0.25, 0.3) is 0 Å². The molecule has 0 saturated carbocycles. The van der Waals surface area contributed by atoms with Crippen molar-refractivity contribution in [2.24, 2.45) is 0 Å². The number of anilines is 1. The second-order valence-electron chi connectivity index (χ2n) is 4.91. The van der Waals surface area contributed by atoms with Crippen LogP contribution in [0.15, 0.2) is 47.4 Å². The minimum absolute atomic E-state index is 0.161. The van der Waals surface area contributed by atoms with Crippen LogP contribution in [-0.4, -0.2) is 20.7 Å². The van der Waals surface area contributed by atoms with E-state index in [-0.39, 0.29) is 17.2 Å². The molecule has 0 bridgehead atoms. The van der Waals surface area contributed by atoms with Crippen molar-refractivity contribution < 1.29 is 13.2 Å². The van der Waals surface area contributed by atoms with Gasteiger partial charge in [0.1, 0.15) is 0 Å². The van der Waals surface area contributed by atoms with Gasteiger partial charge in [-0.2, -0.15) is 0 Å². The van der Waals surface area contributed by atoms with Crippen LogP contribution in [0, 0.1) is 6.92 Å². The molecule has 1 aliphatic heterocycles. The van der Waals surface area contributed by atoms with Gasteiger partial charge in [0.15, 0.2) is 5.78 Å². The number of aryl methyl sites for hydroxylation is 1. The molecule has 0 saturated heterocycles. The summed E-state index contributed by atoms with van der Waals surface area (Å²) in [5.41, 5.74) is 1.69. The molecule has 2 aromatic carbocycles. The van der Waals surface area contributed by atoms with Crippen LogP contribution in [0.3, 0.4) is 0 Å². The van der Waals surface area contributed by atoms with Crippen LogP contribution >= 0.6 is 11.6 Å². The third-order valence-electron chi connectivity index (χ3n) is 3.43. The number of halogens is 1. The molecule has 0 atom stereocenters. The summed E-state index contributed by atoms with van der Waals surface area (Å²) < 4.78 is 26.5. The number of nitrogens with zero attached hydrogens (tertiary/aromatic N) is 1. The largest absolute Gasteiger partial charge is 0.292 e. The fraction of sp³-hybridized carbons (Fsp3) is 0.133. The Kier molecular flexibility index (Phi) is 3.26. The highest BCUT2D eigenvalue weighted by molar-refractivity contribution is 7.93. The molecule has 0 fully saturated rings. The van der Waals surface area contributed by atoms with Crippen molar-refractivity contribution in [1.29, 1.82) is 0 Å². The Morgan fingerprint density at radius 2 is 1.76 bits per heavy atom. The molecule has 0 aliphatic carbocycles. The average Bonchev–Trinajstić information content (AvgIpc) is 2.76. The zero-order valence-electron chi connectivity index (χ0n) is 11.2. The summed E-state index contributed by atoms with van der Waals surface area (Å²) in [7, 11) is -3.76. The Morgan fingerprint density at radius 3 is 2.43 bits per heavy atom. The number of benzene rings is 2. The normalized spacial score (nSPS) is 14.4. The monoisotopic (exact) mass is 321 g/mol. The Morgan fingerprint density at radius 1 is 1.10 bits per heavy atom. The minimum Gasteiger partial charge on any atom is -0.292 e. The van der Waals surface area contributed by atoms with Gasteiger partial charge in [0.2, 0.25) is 0 Å². The molecule has 0 spiro atoms. The lowest BCUT2D eigenvalue weighted by Crippen LogP contribution is -2.30. The quantitative estimate of drug-likeness (QED) is 0.854. The van der Waals surface area contributed by atoms with Crippen molar-refractivity contribution in [2.45, 2.75) is 11.8 Å². The second kappa shape index (κ2) is 4.86. The Hall–Kier alpha value is -1.85. The second-order valence-corrected chi connectivity index (χ2v) is 7.21. The highest BCUT2D eigenvalue weighted by Gasteiger charge is 2.35. The number of fused-ring (bicyclic) bond motifs is 1. The summed E-state index contributed by atoms with van der Waals surface area (Å²) in [4.78, 5) is 12.1. The smallest absolute Gasteiger partial charge is 0.264 e. The van der Waals surface area contributed by atoms with Crippen molar-refractivity contribution in [1.82, 2.24) is 0 Å². The van der Waals surface area contributed by atoms with E-state index in [2.05, 4.69) is 0 Å². The summed E-state index contributed by atoms with van der Waals surface area (Å²) in [6, 6.07) is 11.2. The zero-order valence-corrected chi connectivity index (χ0v) is 12.8. The molecule has 4 nitrogen and oxygen atoms in total. The van der Waals surface area contributed by atoms with Gasteiger partial charge in [-0.1, -0.05) is 29.3 Å². The van der Waals surface area contributed by atoms with E-state index in [1.165, 1.54) is 18.2 Å². The topological polar surface area (TPSA) is 54.5 Å². The Labute approximate surface area is 128 Å². The molecule has 0 unspecified atom stereocenters. The van der Waals surface area contributed by atoms with Crippen molar-refractivity contribution in [3.8, 4) is 0 Å². The fourth-order valence-electron chi connectivity index (χ4n) is 2.30. The van der Waals surface area contributed by atoms with Gasteiger partial charge in [-0.15, -0.1) is 0 Å². The van der Waals surface area contributed by atoms with Gasteiger partial charge >= 0.3 is 0 Å². The van der Waals surface area contributed by atoms with E-state index >= 15 is 0 Å². The van der Waals surface area contributed by atoms with E-state index in [1.807, 2.05) is 6.92 Å². The number of ketones is 1. The molecule has 1 aliphatic rings. The first-order valence-electron chi connectivity index (χ1n) is 6.32. The third-order valence-corrected chi connectivity index (χ3v) is 5.43. The lowest BCUT2D eigenvalue weighted by molar-refractivity contribution is 0.101. The zero-order chi connectivity index (χ0) is 15.2. The summed E-state index contributed by atoms with van der Waals surface area (Å²) in [5.74, 6) is -0.225. The number of sulfonamides is 1. The molecule has 0 N–H and O–H groups in total. The van der Waals surface area contributed by atoms with E-state index in [0.29, 0.717) is 16.3 Å². The van der Waals surface area contributed by atoms with Crippen LogP contribution < -0.4 is 4.31 Å². The SMILES string of the molecule is Cc1ccc(S(=O)(=O)N2CC(=O)c3ccc(Cl)cc32)cc1. The van der Waals surface area contributed by atoms with E-state index in [9.17, 15) is 13.2 Å². The van der Waals surface area contributed by atoms with Crippen LogP contribution in [0.5, 0.6) is 0 Å². The van der Waals surface area contributed by atoms with Crippen LogP contribution in [0.2, 0.25) is 5.02 Å². The standard InChI is InChI=1S/C15H12ClNO3S/c1-10-2-5-12(6-3-10)21(19,20)17-9-15(18)13-7-4-11(16)8-14(13)17/h2-8H,9H2,1H3. The number of hydrogen-bond acceptors (Lipinski definition) is 3. The molecule has 0 aromatic heterocycles. The number of rotatable bonds is 2. The predicted molar refractivity (Wildman–Crippen MR) is 81.5 cm³/mol. The maximum absolute atomic E-state index is 12.7. The first-order valence-corrected chi connectivity index (χ1v) is 8.13. The minimum atomic E-state index is -3.76. The predicted octanol–water partition coefficient (Wildman–Crippen LogP) is 3.04. The van der Waals surface area contributed by atoms with Gasteiger partial charge < -0.3 is 0 Å². The number of carbonyl (C=O) groups is 1. The van der Waals surface area contributed by atoms with E-state index in [1.54, 1.807) is 24.3 Å². The molecule has 3 rings (SSSR count). The van der Waals surface area contributed by atoms with E-state index in [0.717, 1.165) is 9.87 Å². The third kappa shape index (κ3) is 2.32. The average molecular weight is 322 g/mol. The van der Waals surface area contributed by atoms with E-state index < -0.39 is 10.0 Å². The first kappa shape index (κ1) is 14.1. The van der Waals surface area contributed by atoms with Gasteiger partial charge in [0.25, 0.3) is 10.0 Å². The summed E-state index contributed by atoms with van der Waals surface area (Å²) >= 11 is 5.92. The van der Waals surface area contributed by atoms with Gasteiger partial charge in [0.05, 0.1) is 17.1 Å². The summed E-state index contributed by atoms with van der Waals surface area (Å²) in [5, 5.41) is 0.396. The van der Waals surface area contributed by atoms with Gasteiger partial charge in [-0.3, -0.25) is 9.10 Å². The van der Waals surface area contributed by atoms with Crippen LogP contribution in [0.1, 0.15) is 15.9 Å². The molecular formula is C15H12ClNO3S. The lowest BCUT2D eigenvalue weighted by Gasteiger charge is -2.19. The fourth-order valence-corrected chi connectivity index (χ4v) is 3.90. The Bertz CT molecular complexity index is 828. The molecule has 0 radical (unpaired) electrons. The maximum Gasteiger partial charge on any atom is 0.264 e. The molecule has 21 heavy (non-hydrogen) atoms. The number of hydrogen-bond donors (Lipinski definition) is 0. The first-order chi connectivity index (χ1) is 9.89. The van der Waals surface area contributed by atoms with Crippen LogP contribution in [-0.2, 0) is 10.0 Å². The molecule has 2 aromatic rings. The molecular weight excluding hydrogens is 310 g/mol. The highest BCUT2D eigenvalue weighted by Crippen LogP contribution is 2.34. The van der Waals surface area contributed by atoms with Crippen molar-refractivity contribution in [3.63, 3.8) is 0 Å². The van der Waals surface area contributed by atoms with Crippen molar-refractivity contribution in [3.05, 3.63) is 58.6 Å². The number of carbonyl (C=O) groups excluding carboxylic acids is 1. The van der Waals surface area contributed by atoms with Crippen LogP contribution in [0.4, 0.5) is 5.69 Å². The Balaban J connectivity index is 2.12. The molecule has 0 amide bonds. The van der Waals surface area contributed by atoms with E-state index in [4.69, 9.17) is 11.6 Å². The van der Waals surface area contributed by atoms with Gasteiger partial charge in [-0.05, 0) is 37.3 Å². The maximum atomic E-state index is 12.7. The van der Waals surface area contributed by atoms with Gasteiger partial charge in [-0.25, -0.2) is 8.42 Å². The molecule has 108 valence electrons. The molecule has 1 heterocycles. The summed E-state index contributed by atoms with van der Waals surface area (Å²) in [6.07, 6.45) is 0. The van der Waals surface area contributed by atoms with Crippen molar-refractivity contribution >= 4 is 33.1 Å². The van der Waals surface area contributed by atoms with Crippen molar-refractivity contribution in [2.75, 3.05) is 10.8 Å². The molecule has 6 heteroatoms. The van der Waals surface area contributed by atoms with Gasteiger partial charge in [0, 0.05) is 10.6 Å². The lowest BCUT2D eigenvalue weighted by atomic mass is 10.1. The summed E-state index contributed by atoms with van der Waals surface area (Å²) in [6.45, 7) is 1.69. The number of Topliss-reactive ketones (excluding diaryl/α,β-unsaturated/α-hetero) is 1.